The second-order valence-electron chi connectivity index (χ2n) is 6.78. The molecular formula is C22H23N5O3. The van der Waals surface area contributed by atoms with Gasteiger partial charge < -0.3 is 19.8 Å². The number of H-pyrrole nitrogens is 1. The minimum Gasteiger partial charge on any atom is -0.496 e. The van der Waals surface area contributed by atoms with Crippen molar-refractivity contribution >= 4 is 16.7 Å². The molecule has 8 heteroatoms. The number of rotatable bonds is 7. The molecule has 30 heavy (non-hydrogen) atoms. The molecular weight excluding hydrogens is 382 g/mol. The van der Waals surface area contributed by atoms with Gasteiger partial charge in [-0.15, -0.1) is 0 Å². The number of aromatic amines is 1. The Morgan fingerprint density at radius 2 is 1.93 bits per heavy atom. The molecule has 0 unspecified atom stereocenters. The molecule has 0 fully saturated rings. The summed E-state index contributed by atoms with van der Waals surface area (Å²) in [6.45, 7) is 3.12. The second kappa shape index (κ2) is 8.38. The van der Waals surface area contributed by atoms with Gasteiger partial charge in [0.05, 0.1) is 30.7 Å². The lowest BCUT2D eigenvalue weighted by molar-refractivity contribution is 0.211. The highest BCUT2D eigenvalue weighted by atomic mass is 16.5. The number of ether oxygens (including phenoxy) is 2. The van der Waals surface area contributed by atoms with Crippen molar-refractivity contribution in [1.29, 1.82) is 0 Å². The topological polar surface area (TPSA) is 94.1 Å². The predicted octanol–water partition coefficient (Wildman–Crippen LogP) is 3.15. The van der Waals surface area contributed by atoms with E-state index >= 15 is 0 Å². The van der Waals surface area contributed by atoms with Gasteiger partial charge in [0.15, 0.2) is 5.52 Å². The zero-order chi connectivity index (χ0) is 21.1. The first kappa shape index (κ1) is 19.7. The average molecular weight is 405 g/mol. The number of anilines is 1. The van der Waals surface area contributed by atoms with Gasteiger partial charge in [0.1, 0.15) is 17.1 Å². The van der Waals surface area contributed by atoms with Crippen LogP contribution in [0.25, 0.3) is 28.1 Å². The SMILES string of the molecule is COCCNc1ccc(-c2nc3c(C)nn(-c4ccccc4)c3c(=O)[nH]2)c(OC)c1. The van der Waals surface area contributed by atoms with E-state index in [2.05, 4.69) is 15.4 Å². The summed E-state index contributed by atoms with van der Waals surface area (Å²) in [5.41, 5.74) is 3.78. The number of hydrogen-bond acceptors (Lipinski definition) is 6. The number of fused-ring (bicyclic) bond motifs is 1. The van der Waals surface area contributed by atoms with Crippen LogP contribution in [-0.4, -0.2) is 47.1 Å². The Bertz CT molecular complexity index is 1230. The van der Waals surface area contributed by atoms with Gasteiger partial charge in [0.2, 0.25) is 0 Å². The molecule has 2 heterocycles. The minimum absolute atomic E-state index is 0.260. The van der Waals surface area contributed by atoms with Crippen molar-refractivity contribution < 1.29 is 9.47 Å². The Morgan fingerprint density at radius 1 is 1.13 bits per heavy atom. The fourth-order valence-electron chi connectivity index (χ4n) is 3.34. The summed E-state index contributed by atoms with van der Waals surface area (Å²) in [5, 5.41) is 7.80. The minimum atomic E-state index is -0.260. The largest absolute Gasteiger partial charge is 0.496 e. The maximum absolute atomic E-state index is 13.0. The monoisotopic (exact) mass is 405 g/mol. The van der Waals surface area contributed by atoms with Crippen LogP contribution in [0.1, 0.15) is 5.69 Å². The summed E-state index contributed by atoms with van der Waals surface area (Å²) in [7, 11) is 3.25. The number of nitrogens with one attached hydrogen (secondary N) is 2. The highest BCUT2D eigenvalue weighted by molar-refractivity contribution is 5.81. The van der Waals surface area contributed by atoms with Crippen molar-refractivity contribution in [3.05, 3.63) is 64.6 Å². The zero-order valence-corrected chi connectivity index (χ0v) is 17.1. The molecule has 2 N–H and O–H groups in total. The fourth-order valence-corrected chi connectivity index (χ4v) is 3.34. The molecule has 0 atom stereocenters. The molecule has 8 nitrogen and oxygen atoms in total. The molecule has 0 aliphatic carbocycles. The Kier molecular flexibility index (Phi) is 5.49. The summed E-state index contributed by atoms with van der Waals surface area (Å²) in [6.07, 6.45) is 0. The number of para-hydroxylation sites is 1. The van der Waals surface area contributed by atoms with Crippen LogP contribution in [-0.2, 0) is 4.74 Å². The van der Waals surface area contributed by atoms with E-state index in [1.165, 1.54) is 0 Å². The Balaban J connectivity index is 1.79. The molecule has 0 aliphatic rings. The fraction of sp³-hybridized carbons (Fsp3) is 0.227. The summed E-state index contributed by atoms with van der Waals surface area (Å²) >= 11 is 0. The van der Waals surface area contributed by atoms with Crippen molar-refractivity contribution in [1.82, 2.24) is 19.7 Å². The van der Waals surface area contributed by atoms with Gasteiger partial charge in [-0.25, -0.2) is 9.67 Å². The van der Waals surface area contributed by atoms with Gasteiger partial charge >= 0.3 is 0 Å². The molecule has 2 aromatic heterocycles. The number of aromatic nitrogens is 4. The normalized spacial score (nSPS) is 11.0. The highest BCUT2D eigenvalue weighted by Crippen LogP contribution is 2.31. The number of aryl methyl sites for hydroxylation is 1. The van der Waals surface area contributed by atoms with Crippen molar-refractivity contribution in [3.8, 4) is 22.8 Å². The van der Waals surface area contributed by atoms with Gasteiger partial charge in [-0.05, 0) is 31.2 Å². The summed E-state index contributed by atoms with van der Waals surface area (Å²) in [4.78, 5) is 20.6. The van der Waals surface area contributed by atoms with Crippen molar-refractivity contribution in [3.63, 3.8) is 0 Å². The average Bonchev–Trinajstić information content (AvgIpc) is 3.11. The van der Waals surface area contributed by atoms with E-state index in [-0.39, 0.29) is 5.56 Å². The molecule has 4 aromatic rings. The van der Waals surface area contributed by atoms with Crippen LogP contribution in [0.15, 0.2) is 53.3 Å². The maximum atomic E-state index is 13.0. The Hall–Kier alpha value is -3.65. The smallest absolute Gasteiger partial charge is 0.277 e. The van der Waals surface area contributed by atoms with E-state index in [4.69, 9.17) is 14.5 Å². The lowest BCUT2D eigenvalue weighted by atomic mass is 10.1. The van der Waals surface area contributed by atoms with Gasteiger partial charge in [-0.2, -0.15) is 5.10 Å². The number of methoxy groups -OCH3 is 2. The van der Waals surface area contributed by atoms with Crippen LogP contribution in [0.4, 0.5) is 5.69 Å². The molecule has 0 aliphatic heterocycles. The summed E-state index contributed by atoms with van der Waals surface area (Å²) in [6, 6.07) is 15.2. The first-order valence-electron chi connectivity index (χ1n) is 9.58. The number of nitrogens with zero attached hydrogens (tertiary/aromatic N) is 3. The Labute approximate surface area is 173 Å². The standard InChI is InChI=1S/C22H23N5O3/c1-14-19-20(27(26-14)16-7-5-4-6-8-16)22(28)25-21(24-19)17-10-9-15(13-18(17)30-3)23-11-12-29-2/h4-10,13,23H,11-12H2,1-3H3,(H,24,25,28). The third-order valence-corrected chi connectivity index (χ3v) is 4.79. The molecule has 154 valence electrons. The van der Waals surface area contributed by atoms with E-state index in [0.29, 0.717) is 47.0 Å². The first-order valence-corrected chi connectivity index (χ1v) is 9.58. The van der Waals surface area contributed by atoms with Crippen LogP contribution >= 0.6 is 0 Å². The maximum Gasteiger partial charge on any atom is 0.277 e. The van der Waals surface area contributed by atoms with Crippen LogP contribution in [0.5, 0.6) is 5.75 Å². The molecule has 0 saturated carbocycles. The predicted molar refractivity (Wildman–Crippen MR) is 117 cm³/mol. The van der Waals surface area contributed by atoms with Gasteiger partial charge in [-0.1, -0.05) is 18.2 Å². The van der Waals surface area contributed by atoms with E-state index in [1.54, 1.807) is 18.9 Å². The van der Waals surface area contributed by atoms with Crippen LogP contribution in [0, 0.1) is 6.92 Å². The third kappa shape index (κ3) is 3.65. The van der Waals surface area contributed by atoms with E-state index in [0.717, 1.165) is 11.4 Å². The van der Waals surface area contributed by atoms with E-state index < -0.39 is 0 Å². The number of hydrogen-bond donors (Lipinski definition) is 2. The highest BCUT2D eigenvalue weighted by Gasteiger charge is 2.18. The number of benzene rings is 2. The Morgan fingerprint density at radius 3 is 2.67 bits per heavy atom. The van der Waals surface area contributed by atoms with Gasteiger partial charge in [0.25, 0.3) is 5.56 Å². The van der Waals surface area contributed by atoms with Crippen molar-refractivity contribution in [2.24, 2.45) is 0 Å². The van der Waals surface area contributed by atoms with Crippen LogP contribution in [0.2, 0.25) is 0 Å². The molecule has 4 rings (SSSR count). The van der Waals surface area contributed by atoms with Crippen LogP contribution in [0.3, 0.4) is 0 Å². The summed E-state index contributed by atoms with van der Waals surface area (Å²) in [5.74, 6) is 1.04. The summed E-state index contributed by atoms with van der Waals surface area (Å²) < 4.78 is 12.2. The molecule has 0 bridgehead atoms. The van der Waals surface area contributed by atoms with E-state index in [9.17, 15) is 4.79 Å². The van der Waals surface area contributed by atoms with Gasteiger partial charge in [-0.3, -0.25) is 4.79 Å². The van der Waals surface area contributed by atoms with Gasteiger partial charge in [0, 0.05) is 25.4 Å². The lowest BCUT2D eigenvalue weighted by Gasteiger charge is -2.12. The molecule has 2 aromatic carbocycles. The molecule has 0 amide bonds. The molecule has 0 spiro atoms. The lowest BCUT2D eigenvalue weighted by Crippen LogP contribution is -2.13. The van der Waals surface area contributed by atoms with Crippen molar-refractivity contribution in [2.45, 2.75) is 6.92 Å². The van der Waals surface area contributed by atoms with E-state index in [1.807, 2.05) is 55.5 Å². The molecule has 0 radical (unpaired) electrons. The molecule has 0 saturated heterocycles. The quantitative estimate of drug-likeness (QED) is 0.459. The third-order valence-electron chi connectivity index (χ3n) is 4.79. The van der Waals surface area contributed by atoms with Crippen molar-refractivity contribution in [2.75, 3.05) is 32.7 Å². The second-order valence-corrected chi connectivity index (χ2v) is 6.78. The zero-order valence-electron chi connectivity index (χ0n) is 17.1. The van der Waals surface area contributed by atoms with Crippen LogP contribution < -0.4 is 15.6 Å². The first-order chi connectivity index (χ1) is 14.6.